The molecule has 0 aliphatic carbocycles. The average Bonchev–Trinajstić information content (AvgIpc) is 3.45. The van der Waals surface area contributed by atoms with E-state index in [1.54, 1.807) is 10.9 Å². The van der Waals surface area contributed by atoms with Crippen LogP contribution < -0.4 is 9.46 Å². The van der Waals surface area contributed by atoms with Crippen LogP contribution in [0.1, 0.15) is 42.4 Å². The van der Waals surface area contributed by atoms with Crippen molar-refractivity contribution in [2.75, 3.05) is 6.61 Å². The molecule has 0 atom stereocenters. The van der Waals surface area contributed by atoms with Crippen molar-refractivity contribution in [1.29, 1.82) is 0 Å². The maximum atomic E-state index is 13.5. The standard InChI is InChI=1S/C30H31F2N3O4S/c31-27-15-14-26(21-28(27)32)40(37,38)34-30(36)16-13-25-12-11-24(22-35-18-7-17-33-35)20-29(25)39-19-6-2-5-10-23-8-3-1-4-9-23/h1,3-4,7-9,11-12,14-15,17-18,20-21H,2,5-6,10,13,16,19,22H2,(H,34,36). The molecule has 0 fully saturated rings. The Morgan fingerprint density at radius 3 is 2.45 bits per heavy atom. The van der Waals surface area contributed by atoms with E-state index in [0.717, 1.165) is 42.9 Å². The summed E-state index contributed by atoms with van der Waals surface area (Å²) in [5, 5.41) is 4.24. The smallest absolute Gasteiger partial charge is 0.264 e. The summed E-state index contributed by atoms with van der Waals surface area (Å²) >= 11 is 0. The molecule has 0 aliphatic heterocycles. The molecular weight excluding hydrogens is 536 g/mol. The fourth-order valence-electron chi connectivity index (χ4n) is 4.21. The fraction of sp³-hybridized carbons (Fsp3) is 0.267. The van der Waals surface area contributed by atoms with Gasteiger partial charge in [0.05, 0.1) is 18.0 Å². The monoisotopic (exact) mass is 567 g/mol. The first-order chi connectivity index (χ1) is 19.3. The number of benzene rings is 3. The van der Waals surface area contributed by atoms with Crippen molar-refractivity contribution in [3.05, 3.63) is 114 Å². The van der Waals surface area contributed by atoms with E-state index in [-0.39, 0.29) is 12.8 Å². The Labute approximate surface area is 232 Å². The van der Waals surface area contributed by atoms with E-state index < -0.39 is 32.5 Å². The van der Waals surface area contributed by atoms with Crippen molar-refractivity contribution in [3.8, 4) is 5.75 Å². The van der Waals surface area contributed by atoms with Gasteiger partial charge in [0, 0.05) is 18.8 Å². The van der Waals surface area contributed by atoms with Gasteiger partial charge in [-0.3, -0.25) is 9.48 Å². The van der Waals surface area contributed by atoms with Crippen LogP contribution in [0.2, 0.25) is 0 Å². The van der Waals surface area contributed by atoms with Crippen LogP contribution in [0.5, 0.6) is 5.75 Å². The zero-order valence-corrected chi connectivity index (χ0v) is 22.7. The number of halogens is 2. The summed E-state index contributed by atoms with van der Waals surface area (Å²) in [4.78, 5) is 12.0. The highest BCUT2D eigenvalue weighted by atomic mass is 32.2. The topological polar surface area (TPSA) is 90.3 Å². The number of hydrogen-bond donors (Lipinski definition) is 1. The zero-order valence-electron chi connectivity index (χ0n) is 21.9. The molecule has 1 N–H and O–H groups in total. The number of carbonyl (C=O) groups excluding carboxylic acids is 1. The van der Waals surface area contributed by atoms with Crippen molar-refractivity contribution in [3.63, 3.8) is 0 Å². The molecule has 0 spiro atoms. The first-order valence-electron chi connectivity index (χ1n) is 13.1. The van der Waals surface area contributed by atoms with Crippen molar-refractivity contribution in [2.24, 2.45) is 0 Å². The molecule has 4 rings (SSSR count). The number of nitrogens with one attached hydrogen (secondary N) is 1. The van der Waals surface area contributed by atoms with Crippen molar-refractivity contribution >= 4 is 15.9 Å². The minimum atomic E-state index is -4.34. The predicted octanol–water partition coefficient (Wildman–Crippen LogP) is 5.44. The van der Waals surface area contributed by atoms with Gasteiger partial charge in [-0.15, -0.1) is 0 Å². The van der Waals surface area contributed by atoms with E-state index in [4.69, 9.17) is 4.74 Å². The lowest BCUT2D eigenvalue weighted by atomic mass is 10.1. The molecule has 7 nitrogen and oxygen atoms in total. The van der Waals surface area contributed by atoms with Crippen LogP contribution >= 0.6 is 0 Å². The van der Waals surface area contributed by atoms with Crippen molar-refractivity contribution in [1.82, 2.24) is 14.5 Å². The van der Waals surface area contributed by atoms with Gasteiger partial charge in [-0.25, -0.2) is 21.9 Å². The lowest BCUT2D eigenvalue weighted by Crippen LogP contribution is -2.30. The van der Waals surface area contributed by atoms with Gasteiger partial charge in [0.15, 0.2) is 11.6 Å². The molecule has 10 heteroatoms. The van der Waals surface area contributed by atoms with Gasteiger partial charge in [-0.2, -0.15) is 5.10 Å². The van der Waals surface area contributed by atoms with Gasteiger partial charge in [0.1, 0.15) is 5.75 Å². The van der Waals surface area contributed by atoms with Gasteiger partial charge in [0.25, 0.3) is 10.0 Å². The Bertz CT molecular complexity index is 1510. The molecule has 0 bridgehead atoms. The number of sulfonamides is 1. The number of ether oxygens (including phenoxy) is 1. The second kappa shape index (κ2) is 13.8. The maximum absolute atomic E-state index is 13.5. The van der Waals surface area contributed by atoms with Gasteiger partial charge in [-0.05, 0) is 79.1 Å². The summed E-state index contributed by atoms with van der Waals surface area (Å²) in [6.45, 7) is 1.05. The second-order valence-corrected chi connectivity index (χ2v) is 11.1. The van der Waals surface area contributed by atoms with Gasteiger partial charge < -0.3 is 4.74 Å². The Balaban J connectivity index is 1.35. The Hall–Kier alpha value is -4.05. The molecule has 3 aromatic carbocycles. The van der Waals surface area contributed by atoms with Crippen LogP contribution in [0.4, 0.5) is 8.78 Å². The third-order valence-electron chi connectivity index (χ3n) is 6.32. The molecule has 40 heavy (non-hydrogen) atoms. The SMILES string of the molecule is O=C(CCc1ccc(Cn2cccn2)cc1OCCCCCc1ccccc1)NS(=O)(=O)c1ccc(F)c(F)c1. The summed E-state index contributed by atoms with van der Waals surface area (Å²) < 4.78 is 61.4. The van der Waals surface area contributed by atoms with Crippen LogP contribution in [-0.4, -0.2) is 30.7 Å². The number of nitrogens with zero attached hydrogens (tertiary/aromatic N) is 2. The van der Waals surface area contributed by atoms with Crippen molar-refractivity contribution in [2.45, 2.75) is 50.0 Å². The number of carbonyl (C=O) groups is 1. The molecule has 4 aromatic rings. The molecule has 0 saturated carbocycles. The van der Waals surface area contributed by atoms with E-state index in [1.165, 1.54) is 5.56 Å². The highest BCUT2D eigenvalue weighted by molar-refractivity contribution is 7.90. The summed E-state index contributed by atoms with van der Waals surface area (Å²) in [6, 6.07) is 20.0. The second-order valence-electron chi connectivity index (χ2n) is 9.40. The number of aromatic nitrogens is 2. The molecule has 0 aliphatic rings. The molecule has 1 amide bonds. The third-order valence-corrected chi connectivity index (χ3v) is 7.69. The lowest BCUT2D eigenvalue weighted by Gasteiger charge is -2.14. The van der Waals surface area contributed by atoms with E-state index in [1.807, 2.05) is 53.4 Å². The van der Waals surface area contributed by atoms with Crippen LogP contribution in [-0.2, 0) is 34.2 Å². The fourth-order valence-corrected chi connectivity index (χ4v) is 5.23. The number of unbranched alkanes of at least 4 members (excludes halogenated alkanes) is 2. The number of hydrogen-bond acceptors (Lipinski definition) is 5. The van der Waals surface area contributed by atoms with E-state index in [9.17, 15) is 22.0 Å². The zero-order chi connectivity index (χ0) is 28.4. The first kappa shape index (κ1) is 28.9. The number of amides is 1. The minimum absolute atomic E-state index is 0.144. The summed E-state index contributed by atoms with van der Waals surface area (Å²) in [6.07, 6.45) is 7.57. The number of aryl methyl sites for hydroxylation is 2. The summed E-state index contributed by atoms with van der Waals surface area (Å²) in [5.41, 5.74) is 3.03. The van der Waals surface area contributed by atoms with Crippen LogP contribution in [0.3, 0.4) is 0 Å². The molecule has 0 unspecified atom stereocenters. The van der Waals surface area contributed by atoms with Gasteiger partial charge in [0.2, 0.25) is 5.91 Å². The summed E-state index contributed by atoms with van der Waals surface area (Å²) in [7, 11) is -4.34. The minimum Gasteiger partial charge on any atom is -0.493 e. The van der Waals surface area contributed by atoms with Gasteiger partial charge in [-0.1, -0.05) is 42.5 Å². The van der Waals surface area contributed by atoms with Crippen LogP contribution in [0.25, 0.3) is 0 Å². The Morgan fingerprint density at radius 2 is 1.70 bits per heavy atom. The first-order valence-corrected chi connectivity index (χ1v) is 14.5. The van der Waals surface area contributed by atoms with E-state index >= 15 is 0 Å². The molecule has 210 valence electrons. The molecule has 1 heterocycles. The highest BCUT2D eigenvalue weighted by Crippen LogP contribution is 2.24. The molecule has 0 saturated heterocycles. The molecular formula is C30H31F2N3O4S. The highest BCUT2D eigenvalue weighted by Gasteiger charge is 2.20. The summed E-state index contributed by atoms with van der Waals surface area (Å²) in [5.74, 6) is -2.63. The van der Waals surface area contributed by atoms with Crippen LogP contribution in [0.15, 0.2) is 90.1 Å². The molecule has 0 radical (unpaired) electrons. The van der Waals surface area contributed by atoms with E-state index in [0.29, 0.717) is 31.0 Å². The Morgan fingerprint density at radius 1 is 0.875 bits per heavy atom. The third kappa shape index (κ3) is 8.47. The van der Waals surface area contributed by atoms with Gasteiger partial charge >= 0.3 is 0 Å². The van der Waals surface area contributed by atoms with Crippen molar-refractivity contribution < 1.29 is 26.7 Å². The molecule has 1 aromatic heterocycles. The predicted molar refractivity (Wildman–Crippen MR) is 147 cm³/mol. The van der Waals surface area contributed by atoms with Crippen LogP contribution in [0, 0.1) is 11.6 Å². The normalized spacial score (nSPS) is 11.3. The number of rotatable bonds is 14. The maximum Gasteiger partial charge on any atom is 0.264 e. The Kier molecular flexibility index (Phi) is 10.0. The lowest BCUT2D eigenvalue weighted by molar-refractivity contribution is -0.119. The quantitative estimate of drug-likeness (QED) is 0.205. The van der Waals surface area contributed by atoms with E-state index in [2.05, 4.69) is 17.2 Å². The average molecular weight is 568 g/mol. The largest absolute Gasteiger partial charge is 0.493 e.